The minimum absolute atomic E-state index is 0.0104. The number of methoxy groups -OCH3 is 2. The van der Waals surface area contributed by atoms with Gasteiger partial charge in [-0.2, -0.15) is 0 Å². The van der Waals surface area contributed by atoms with Crippen molar-refractivity contribution in [3.63, 3.8) is 0 Å². The second-order valence-corrected chi connectivity index (χ2v) is 13.8. The third-order valence-corrected chi connectivity index (χ3v) is 11.1. The number of fused-ring (bicyclic) bond motifs is 1. The van der Waals surface area contributed by atoms with Gasteiger partial charge in [0, 0.05) is 57.7 Å². The molecule has 0 aliphatic carbocycles. The van der Waals surface area contributed by atoms with Gasteiger partial charge in [-0.05, 0) is 44.4 Å². The molecular formula is C26H43ClF2N6O4S. The lowest BCUT2D eigenvalue weighted by Gasteiger charge is -2.45. The number of amides is 2. The average Bonchev–Trinajstić information content (AvgIpc) is 3.51. The first-order valence-electron chi connectivity index (χ1n) is 14.4. The van der Waals surface area contributed by atoms with Gasteiger partial charge in [0.1, 0.15) is 5.50 Å². The SMILES string of the molecule is COC1CC(C(=O)N2CC3NC(NC(=O)C4CNC(C)CC4C4CC(Cl)NCC4OC)SC3C2)NC(C(F)F)C1. The normalized spacial score (nSPS) is 44.0. The Hall–Kier alpha value is -0.800. The highest BCUT2D eigenvalue weighted by molar-refractivity contribution is 8.00. The van der Waals surface area contributed by atoms with E-state index in [1.165, 1.54) is 7.11 Å². The van der Waals surface area contributed by atoms with Gasteiger partial charge in [-0.1, -0.05) is 0 Å². The molecule has 5 N–H and O–H groups in total. The number of likely N-dealkylation sites (tertiary alicyclic amines) is 1. The lowest BCUT2D eigenvalue weighted by Crippen LogP contribution is -2.58. The van der Waals surface area contributed by atoms with Crippen LogP contribution in [0.4, 0.5) is 8.78 Å². The monoisotopic (exact) mass is 608 g/mol. The maximum Gasteiger partial charge on any atom is 0.253 e. The van der Waals surface area contributed by atoms with Crippen LogP contribution in [-0.4, -0.2) is 116 Å². The summed E-state index contributed by atoms with van der Waals surface area (Å²) in [6, 6.07) is -1.41. The van der Waals surface area contributed by atoms with E-state index in [-0.39, 0.29) is 70.5 Å². The summed E-state index contributed by atoms with van der Waals surface area (Å²) in [5.41, 5.74) is -0.381. The van der Waals surface area contributed by atoms with Crippen molar-refractivity contribution in [2.75, 3.05) is 40.4 Å². The molecule has 0 aromatic carbocycles. The number of halogens is 3. The van der Waals surface area contributed by atoms with Crippen molar-refractivity contribution in [2.45, 2.75) is 91.7 Å². The molecule has 12 atom stereocenters. The molecular weight excluding hydrogens is 566 g/mol. The van der Waals surface area contributed by atoms with Gasteiger partial charge >= 0.3 is 0 Å². The molecule has 12 unspecified atom stereocenters. The van der Waals surface area contributed by atoms with Crippen molar-refractivity contribution in [3.05, 3.63) is 0 Å². The van der Waals surface area contributed by atoms with E-state index in [1.54, 1.807) is 23.8 Å². The maximum absolute atomic E-state index is 13.6. The number of hydrogen-bond donors (Lipinski definition) is 5. The quantitative estimate of drug-likeness (QED) is 0.208. The minimum Gasteiger partial charge on any atom is -0.381 e. The largest absolute Gasteiger partial charge is 0.381 e. The molecule has 0 spiro atoms. The number of ether oxygens (including phenoxy) is 2. The minimum atomic E-state index is -2.55. The van der Waals surface area contributed by atoms with Crippen molar-refractivity contribution >= 4 is 35.2 Å². The number of rotatable bonds is 7. The van der Waals surface area contributed by atoms with Crippen molar-refractivity contribution < 1.29 is 27.8 Å². The molecule has 0 radical (unpaired) electrons. The molecule has 5 saturated heterocycles. The van der Waals surface area contributed by atoms with Gasteiger partial charge in [-0.3, -0.25) is 25.5 Å². The third-order valence-electron chi connectivity index (χ3n) is 9.41. The summed E-state index contributed by atoms with van der Waals surface area (Å²) in [7, 11) is 3.22. The van der Waals surface area contributed by atoms with Gasteiger partial charge in [0.25, 0.3) is 6.43 Å². The summed E-state index contributed by atoms with van der Waals surface area (Å²) >= 11 is 8.08. The molecule has 10 nitrogen and oxygen atoms in total. The Kier molecular flexibility index (Phi) is 10.1. The Labute approximate surface area is 244 Å². The summed E-state index contributed by atoms with van der Waals surface area (Å²) < 4.78 is 37.9. The van der Waals surface area contributed by atoms with Crippen molar-refractivity contribution in [1.29, 1.82) is 0 Å². The fourth-order valence-corrected chi connectivity index (χ4v) is 8.95. The van der Waals surface area contributed by atoms with Crippen LogP contribution in [0, 0.1) is 17.8 Å². The topological polar surface area (TPSA) is 116 Å². The smallest absolute Gasteiger partial charge is 0.253 e. The van der Waals surface area contributed by atoms with Gasteiger partial charge in [-0.25, -0.2) is 8.78 Å². The molecule has 228 valence electrons. The van der Waals surface area contributed by atoms with E-state index in [1.807, 2.05) is 0 Å². The Morgan fingerprint density at radius 1 is 1.02 bits per heavy atom. The van der Waals surface area contributed by atoms with Crippen LogP contribution in [0.1, 0.15) is 32.6 Å². The Bertz CT molecular complexity index is 899. The number of nitrogens with one attached hydrogen (secondary N) is 5. The summed E-state index contributed by atoms with van der Waals surface area (Å²) in [6.45, 7) is 4.41. The van der Waals surface area contributed by atoms with E-state index >= 15 is 0 Å². The number of alkyl halides is 3. The lowest BCUT2D eigenvalue weighted by atomic mass is 9.70. The van der Waals surface area contributed by atoms with E-state index in [2.05, 4.69) is 33.5 Å². The van der Waals surface area contributed by atoms with Gasteiger partial charge < -0.3 is 25.0 Å². The molecule has 5 aliphatic rings. The zero-order valence-corrected chi connectivity index (χ0v) is 24.9. The highest BCUT2D eigenvalue weighted by Gasteiger charge is 2.48. The van der Waals surface area contributed by atoms with E-state index < -0.39 is 18.5 Å². The summed E-state index contributed by atoms with van der Waals surface area (Å²) in [5.74, 6) is -0.0118. The van der Waals surface area contributed by atoms with Crippen LogP contribution in [0.25, 0.3) is 0 Å². The number of hydrogen-bond acceptors (Lipinski definition) is 9. The van der Waals surface area contributed by atoms with Crippen LogP contribution in [0.3, 0.4) is 0 Å². The number of carbonyl (C=O) groups excluding carboxylic acids is 2. The van der Waals surface area contributed by atoms with Crippen LogP contribution in [0.5, 0.6) is 0 Å². The third kappa shape index (κ3) is 6.72. The molecule has 0 aromatic heterocycles. The van der Waals surface area contributed by atoms with E-state index in [9.17, 15) is 18.4 Å². The molecule has 5 heterocycles. The first-order chi connectivity index (χ1) is 19.2. The average molecular weight is 609 g/mol. The number of piperidine rings is 3. The summed E-state index contributed by atoms with van der Waals surface area (Å²) in [6.07, 6.45) is -0.712. The molecule has 5 aliphatic heterocycles. The van der Waals surface area contributed by atoms with Gasteiger partial charge in [-0.15, -0.1) is 23.4 Å². The molecule has 14 heteroatoms. The summed E-state index contributed by atoms with van der Waals surface area (Å²) in [4.78, 5) is 28.6. The Balaban J connectivity index is 1.15. The fraction of sp³-hybridized carbons (Fsp3) is 0.923. The second-order valence-electron chi connectivity index (χ2n) is 11.9. The first kappa shape index (κ1) is 30.7. The number of carbonyl (C=O) groups is 2. The second kappa shape index (κ2) is 13.2. The highest BCUT2D eigenvalue weighted by Crippen LogP contribution is 2.38. The van der Waals surface area contributed by atoms with E-state index in [4.69, 9.17) is 21.1 Å². The van der Waals surface area contributed by atoms with Crippen LogP contribution in [-0.2, 0) is 19.1 Å². The van der Waals surface area contributed by atoms with E-state index in [0.29, 0.717) is 38.6 Å². The van der Waals surface area contributed by atoms with Crippen molar-refractivity contribution in [1.82, 2.24) is 31.5 Å². The molecule has 40 heavy (non-hydrogen) atoms. The van der Waals surface area contributed by atoms with Gasteiger partial charge in [0.2, 0.25) is 11.8 Å². The van der Waals surface area contributed by atoms with E-state index in [0.717, 1.165) is 12.8 Å². The zero-order valence-electron chi connectivity index (χ0n) is 23.3. The molecule has 5 fully saturated rings. The molecule has 5 rings (SSSR count). The van der Waals surface area contributed by atoms with Gasteiger partial charge in [0.15, 0.2) is 0 Å². The van der Waals surface area contributed by atoms with Crippen molar-refractivity contribution in [3.8, 4) is 0 Å². The number of nitrogens with zero attached hydrogens (tertiary/aromatic N) is 1. The molecule has 2 amide bonds. The first-order valence-corrected chi connectivity index (χ1v) is 15.8. The fourth-order valence-electron chi connectivity index (χ4n) is 7.24. The highest BCUT2D eigenvalue weighted by atomic mass is 35.5. The Morgan fingerprint density at radius 3 is 2.52 bits per heavy atom. The standard InChI is InChI=1S/C26H43ClF2N6O4S/c1-12-4-14(15-7-22(27)31-9-20(15)39-3)16(8-30-12)24(36)34-26-33-19-10-35(11-21(19)40-26)25(37)18-6-13(38-2)5-17(32-18)23(28)29/h12-23,26,30-33H,4-11H2,1-3H3,(H,34,36). The van der Waals surface area contributed by atoms with Crippen LogP contribution >= 0.6 is 23.4 Å². The predicted molar refractivity (Wildman–Crippen MR) is 149 cm³/mol. The van der Waals surface area contributed by atoms with Crippen molar-refractivity contribution in [2.24, 2.45) is 17.8 Å². The predicted octanol–water partition coefficient (Wildman–Crippen LogP) is 0.506. The van der Waals surface area contributed by atoms with Crippen LogP contribution in [0.2, 0.25) is 0 Å². The van der Waals surface area contributed by atoms with Crippen LogP contribution < -0.4 is 26.6 Å². The zero-order chi connectivity index (χ0) is 28.6. The van der Waals surface area contributed by atoms with Crippen LogP contribution in [0.15, 0.2) is 0 Å². The molecule has 0 aromatic rings. The Morgan fingerprint density at radius 2 is 1.82 bits per heavy atom. The summed E-state index contributed by atoms with van der Waals surface area (Å²) in [5, 5.41) is 16.4. The number of thioether (sulfide) groups is 1. The van der Waals surface area contributed by atoms with Gasteiger partial charge in [0.05, 0.1) is 35.7 Å². The molecule has 0 saturated carbocycles. The maximum atomic E-state index is 13.6. The lowest BCUT2D eigenvalue weighted by molar-refractivity contribution is -0.136. The molecule has 0 bridgehead atoms.